The Balaban J connectivity index is 0.000000242. The molecule has 5 nitrogen and oxygen atoms in total. The minimum Gasteiger partial charge on any atom is -0.545 e. The van der Waals surface area contributed by atoms with Crippen molar-refractivity contribution in [3.8, 4) is 0 Å². The van der Waals surface area contributed by atoms with Crippen LogP contribution in [0.3, 0.4) is 0 Å². The highest BCUT2D eigenvalue weighted by Gasteiger charge is 2.22. The number of quaternary nitrogens is 1. The third kappa shape index (κ3) is 5.63. The fraction of sp³-hybridized carbons (Fsp3) is 0.111. The number of hydrogen-bond acceptors (Lipinski definition) is 4. The number of hydrogen-bond donors (Lipinski definition) is 2. The van der Waals surface area contributed by atoms with E-state index in [0.29, 0.717) is 12.2 Å². The van der Waals surface area contributed by atoms with Gasteiger partial charge in [0.2, 0.25) is 0 Å². The fourth-order valence-corrected chi connectivity index (χ4v) is 3.66. The predicted octanol–water partition coefficient (Wildman–Crippen LogP) is 1.71. The molecule has 1 aliphatic heterocycles. The van der Waals surface area contributed by atoms with Gasteiger partial charge in [0.05, 0.1) is 5.97 Å². The van der Waals surface area contributed by atoms with Gasteiger partial charge in [-0.15, -0.1) is 0 Å². The van der Waals surface area contributed by atoms with Gasteiger partial charge < -0.3 is 20.7 Å². The van der Waals surface area contributed by atoms with E-state index in [-0.39, 0.29) is 6.04 Å². The van der Waals surface area contributed by atoms with Crippen LogP contribution in [-0.4, -0.2) is 17.0 Å². The van der Waals surface area contributed by atoms with E-state index in [1.807, 2.05) is 23.9 Å². The van der Waals surface area contributed by atoms with Crippen LogP contribution in [0, 0.1) is 0 Å². The minimum atomic E-state index is -1.51. The third-order valence-electron chi connectivity index (χ3n) is 3.43. The summed E-state index contributed by atoms with van der Waals surface area (Å²) in [4.78, 5) is 21.6. The van der Waals surface area contributed by atoms with Crippen molar-refractivity contribution in [2.24, 2.45) is 0 Å². The molecule has 0 aliphatic carbocycles. The first-order valence-corrected chi connectivity index (χ1v) is 8.56. The first-order valence-electron chi connectivity index (χ1n) is 7.37. The van der Waals surface area contributed by atoms with Crippen molar-refractivity contribution in [1.29, 1.82) is 0 Å². The first kappa shape index (κ1) is 19.1. The molecule has 0 saturated carbocycles. The van der Waals surface area contributed by atoms with E-state index in [2.05, 4.69) is 36.1 Å². The van der Waals surface area contributed by atoms with Gasteiger partial charge in [-0.1, -0.05) is 41.6 Å². The molecule has 0 fully saturated rings. The van der Waals surface area contributed by atoms with Crippen LogP contribution < -0.4 is 10.8 Å². The normalized spacial score (nSPS) is 15.4. The molecule has 130 valence electrons. The molecule has 2 aromatic carbocycles. The summed E-state index contributed by atoms with van der Waals surface area (Å²) in [6, 6.07) is 14.9. The molecule has 1 heterocycles. The number of halogens is 1. The van der Waals surface area contributed by atoms with Crippen molar-refractivity contribution in [1.82, 2.24) is 0 Å². The largest absolute Gasteiger partial charge is 0.545 e. The van der Waals surface area contributed by atoms with E-state index in [0.717, 1.165) is 11.4 Å². The van der Waals surface area contributed by atoms with Gasteiger partial charge in [0, 0.05) is 32.9 Å². The van der Waals surface area contributed by atoms with Crippen LogP contribution >= 0.6 is 23.4 Å². The van der Waals surface area contributed by atoms with Gasteiger partial charge in [0.15, 0.2) is 0 Å². The van der Waals surface area contributed by atoms with Crippen LogP contribution in [0.4, 0.5) is 0 Å². The second kappa shape index (κ2) is 8.71. The standard InChI is InChI=1S/C14H12ClNS.C4H4O4/c15-10-5-6-14-11(8-10)12(16)7-9-3-1-2-4-13(9)17-14;5-3(6)1-2-4(7)8/h1-6,8,12H,7,16H2;1-2H,(H,5,6)(H,7,8)/b;2-1-. The van der Waals surface area contributed by atoms with Crippen LogP contribution in [0.5, 0.6) is 0 Å². The van der Waals surface area contributed by atoms with E-state index in [1.54, 1.807) is 0 Å². The molecule has 0 aromatic heterocycles. The molecule has 2 aromatic rings. The number of rotatable bonds is 2. The highest BCUT2D eigenvalue weighted by molar-refractivity contribution is 7.99. The van der Waals surface area contributed by atoms with Crippen molar-refractivity contribution in [2.75, 3.05) is 0 Å². The Morgan fingerprint density at radius 1 is 1.20 bits per heavy atom. The highest BCUT2D eigenvalue weighted by atomic mass is 35.5. The lowest BCUT2D eigenvalue weighted by Gasteiger charge is -2.09. The zero-order valence-corrected chi connectivity index (χ0v) is 14.7. The molecule has 1 atom stereocenters. The lowest BCUT2D eigenvalue weighted by molar-refractivity contribution is -0.426. The smallest absolute Gasteiger partial charge is 0.328 e. The maximum atomic E-state index is 9.53. The Morgan fingerprint density at radius 2 is 1.92 bits per heavy atom. The topological polar surface area (TPSA) is 105 Å². The van der Waals surface area contributed by atoms with E-state index < -0.39 is 11.9 Å². The number of benzene rings is 2. The summed E-state index contributed by atoms with van der Waals surface area (Å²) in [6.45, 7) is 0. The fourth-order valence-electron chi connectivity index (χ4n) is 2.34. The Morgan fingerprint density at radius 3 is 2.56 bits per heavy atom. The third-order valence-corrected chi connectivity index (χ3v) is 4.88. The highest BCUT2D eigenvalue weighted by Crippen LogP contribution is 2.40. The van der Waals surface area contributed by atoms with Gasteiger partial charge in [0.1, 0.15) is 6.04 Å². The molecule has 1 unspecified atom stereocenters. The summed E-state index contributed by atoms with van der Waals surface area (Å²) >= 11 is 7.89. The van der Waals surface area contributed by atoms with E-state index >= 15 is 0 Å². The lowest BCUT2D eigenvalue weighted by atomic mass is 10.00. The molecule has 25 heavy (non-hydrogen) atoms. The summed E-state index contributed by atoms with van der Waals surface area (Å²) in [5.74, 6) is -2.80. The van der Waals surface area contributed by atoms with Gasteiger partial charge in [-0.3, -0.25) is 0 Å². The van der Waals surface area contributed by atoms with Crippen LogP contribution in [0.25, 0.3) is 0 Å². The van der Waals surface area contributed by atoms with E-state index in [9.17, 15) is 14.7 Å². The molecule has 4 N–H and O–H groups in total. The van der Waals surface area contributed by atoms with E-state index in [4.69, 9.17) is 16.7 Å². The van der Waals surface area contributed by atoms with Crippen molar-refractivity contribution in [2.45, 2.75) is 22.3 Å². The number of carbonyl (C=O) groups is 2. The second-order valence-electron chi connectivity index (χ2n) is 5.28. The number of carboxylic acid groups (broad SMARTS) is 2. The second-order valence-corrected chi connectivity index (χ2v) is 6.80. The van der Waals surface area contributed by atoms with Crippen molar-refractivity contribution >= 4 is 35.3 Å². The molecule has 0 saturated heterocycles. The molecule has 0 radical (unpaired) electrons. The quantitative estimate of drug-likeness (QED) is 0.775. The summed E-state index contributed by atoms with van der Waals surface area (Å²) < 4.78 is 0. The van der Waals surface area contributed by atoms with E-state index in [1.165, 1.54) is 20.9 Å². The van der Waals surface area contributed by atoms with Gasteiger partial charge in [-0.2, -0.15) is 0 Å². The first-order chi connectivity index (χ1) is 11.9. The average molecular weight is 378 g/mol. The summed E-state index contributed by atoms with van der Waals surface area (Å²) in [5.41, 5.74) is 6.91. The molecular weight excluding hydrogens is 362 g/mol. The number of carboxylic acids is 2. The Labute approximate surface area is 154 Å². The zero-order valence-electron chi connectivity index (χ0n) is 13.1. The zero-order chi connectivity index (χ0) is 18.4. The minimum absolute atomic E-state index is 0.278. The summed E-state index contributed by atoms with van der Waals surface area (Å²) in [6.07, 6.45) is 1.92. The van der Waals surface area contributed by atoms with Crippen molar-refractivity contribution in [3.05, 3.63) is 70.8 Å². The molecule has 7 heteroatoms. The molecule has 0 bridgehead atoms. The number of fused-ring (bicyclic) bond motifs is 2. The number of aliphatic carboxylic acids is 2. The molecule has 0 spiro atoms. The summed E-state index contributed by atoms with van der Waals surface area (Å²) in [7, 11) is 0. The van der Waals surface area contributed by atoms with Crippen molar-refractivity contribution in [3.63, 3.8) is 0 Å². The predicted molar refractivity (Wildman–Crippen MR) is 93.1 cm³/mol. The van der Waals surface area contributed by atoms with Crippen LogP contribution in [-0.2, 0) is 16.0 Å². The average Bonchev–Trinajstić information content (AvgIpc) is 2.70. The van der Waals surface area contributed by atoms with Gasteiger partial charge >= 0.3 is 5.97 Å². The van der Waals surface area contributed by atoms with Crippen LogP contribution in [0.15, 0.2) is 64.4 Å². The molecule has 0 amide bonds. The van der Waals surface area contributed by atoms with Crippen molar-refractivity contribution < 1.29 is 25.5 Å². The van der Waals surface area contributed by atoms with Gasteiger partial charge in [-0.05, 0) is 35.9 Å². The maximum Gasteiger partial charge on any atom is 0.328 e. The molecule has 1 aliphatic rings. The summed E-state index contributed by atoms with van der Waals surface area (Å²) in [5, 5.41) is 18.0. The number of carbonyl (C=O) groups excluding carboxylic acids is 1. The SMILES string of the molecule is O=C([O-])/C=C\C(=O)O.[NH3+]C1Cc2ccccc2Sc2ccc(Cl)cc21. The molecular formula is C18H16ClNO4S. The van der Waals surface area contributed by atoms with Gasteiger partial charge in [-0.25, -0.2) is 4.79 Å². The molecule has 3 rings (SSSR count). The van der Waals surface area contributed by atoms with Gasteiger partial charge in [0.25, 0.3) is 0 Å². The Hall–Kier alpha value is -2.28. The van der Waals surface area contributed by atoms with Crippen LogP contribution in [0.1, 0.15) is 17.2 Å². The maximum absolute atomic E-state index is 9.53. The Bertz CT molecular complexity index is 806. The van der Waals surface area contributed by atoms with Crippen LogP contribution in [0.2, 0.25) is 5.02 Å². The lowest BCUT2D eigenvalue weighted by Crippen LogP contribution is -2.54. The monoisotopic (exact) mass is 377 g/mol. The Kier molecular flexibility index (Phi) is 6.64.